The smallest absolute Gasteiger partial charge is 0.244 e. The van der Waals surface area contributed by atoms with Gasteiger partial charge in [-0.2, -0.15) is 10.2 Å². The number of amides is 2. The van der Waals surface area contributed by atoms with Crippen LogP contribution in [0.15, 0.2) is 115 Å². The molecule has 0 spiro atoms. The molecule has 2 amide bonds. The Morgan fingerprint density at radius 1 is 0.654 bits per heavy atom. The summed E-state index contributed by atoms with van der Waals surface area (Å²) in [5.41, 5.74) is 7.51. The molecule has 4 aliphatic heterocycles. The fourth-order valence-corrected chi connectivity index (χ4v) is 17.9. The van der Waals surface area contributed by atoms with Crippen LogP contribution >= 0.6 is 41.5 Å². The number of carbonyl (C=O) groups is 5. The van der Waals surface area contributed by atoms with E-state index < -0.39 is 36.2 Å². The van der Waals surface area contributed by atoms with Gasteiger partial charge in [0.2, 0.25) is 11.8 Å². The van der Waals surface area contributed by atoms with E-state index in [2.05, 4.69) is 62.4 Å². The Morgan fingerprint density at radius 2 is 1.17 bits per heavy atom. The van der Waals surface area contributed by atoms with Gasteiger partial charge in [0.1, 0.15) is 30.3 Å². The number of piperazine rings is 2. The largest absolute Gasteiger partial charge is 0.368 e. The third kappa shape index (κ3) is 12.0. The molecule has 0 aliphatic carbocycles. The van der Waals surface area contributed by atoms with Crippen molar-refractivity contribution in [2.24, 2.45) is 4.99 Å². The van der Waals surface area contributed by atoms with E-state index in [9.17, 15) is 24.0 Å². The van der Waals surface area contributed by atoms with Crippen molar-refractivity contribution in [3.8, 4) is 11.5 Å². The third-order valence-electron chi connectivity index (χ3n) is 13.9. The van der Waals surface area contributed by atoms with Crippen molar-refractivity contribution in [2.75, 3.05) is 80.2 Å². The van der Waals surface area contributed by atoms with E-state index in [4.69, 9.17) is 32.4 Å². The molecule has 0 saturated carbocycles. The number of hydrogen-bond acceptors (Lipinski definition) is 17. The van der Waals surface area contributed by atoms with Gasteiger partial charge in [0.05, 0.1) is 17.3 Å². The summed E-state index contributed by atoms with van der Waals surface area (Å²) in [6.07, 6.45) is 6.88. The number of halogens is 3. The molecule has 2 fully saturated rings. The number of rotatable bonds is 10. The summed E-state index contributed by atoms with van der Waals surface area (Å²) >= 11 is 7.29. The Morgan fingerprint density at radius 3 is 1.65 bits per heavy atom. The minimum Gasteiger partial charge on any atom is -0.368 e. The first-order valence-electron chi connectivity index (χ1n) is 26.0. The molecule has 81 heavy (non-hydrogen) atoms. The van der Waals surface area contributed by atoms with Gasteiger partial charge in [0, 0.05) is 105 Å². The standard InChI is InChI=1S/C22H24ClN7O.C22H22ClN7O.C12H13IO6/c2*1-15-13-16(4-5-18(15)23)28-9-11-29(12-10-28)19(31)14-30-22-17(3-2-6-26-22)20(27-30)21-24-7-8-25-21;1-8(14)17-13(3,18-9(2)15)11-7-5-4-6-10(11)12(16)19-13/h2-6,13H,7-12,14H2,1H3,(H,24,25);2-8,13H,9-12,14H2,1H3,(H,24,25);4-7H,1-3H3. The topological polar surface area (TPSA) is 240 Å². The maximum Gasteiger partial charge on any atom is 0.244 e. The number of aromatic amines is 1. The van der Waals surface area contributed by atoms with E-state index in [0.717, 1.165) is 94.1 Å². The maximum absolute atomic E-state index is 13.0. The summed E-state index contributed by atoms with van der Waals surface area (Å²) in [6.45, 7) is 14.0. The predicted molar refractivity (Wildman–Crippen MR) is 316 cm³/mol. The van der Waals surface area contributed by atoms with E-state index in [1.807, 2.05) is 72.2 Å². The van der Waals surface area contributed by atoms with Crippen LogP contribution in [-0.4, -0.2) is 155 Å². The summed E-state index contributed by atoms with van der Waals surface area (Å²) in [7, 11) is 0. The summed E-state index contributed by atoms with van der Waals surface area (Å²) < 4.78 is 19.5. The Kier molecular flexibility index (Phi) is 16.3. The number of benzene rings is 3. The molecule has 8 aromatic rings. The molecule has 0 bridgehead atoms. The first kappa shape index (κ1) is 56.1. The van der Waals surface area contributed by atoms with Crippen LogP contribution in [0.5, 0.6) is 0 Å². The van der Waals surface area contributed by atoms with Gasteiger partial charge >= 0.3 is 112 Å². The zero-order chi connectivity index (χ0) is 57.0. The number of imidazole rings is 1. The van der Waals surface area contributed by atoms with Crippen LogP contribution in [0.25, 0.3) is 33.6 Å². The number of nitrogens with one attached hydrogen (secondary N) is 2. The number of fused-ring (bicyclic) bond motifs is 3. The monoisotopic (exact) mass is 1250 g/mol. The van der Waals surface area contributed by atoms with Crippen molar-refractivity contribution in [1.29, 1.82) is 0 Å². The molecular formula is C56H59Cl2IN14O8. The molecule has 3 aromatic carbocycles. The van der Waals surface area contributed by atoms with E-state index >= 15 is 0 Å². The first-order valence-corrected chi connectivity index (χ1v) is 32.7. The Balaban J connectivity index is 0.000000141. The fourth-order valence-electron chi connectivity index (χ4n) is 9.95. The van der Waals surface area contributed by atoms with Gasteiger partial charge in [0.25, 0.3) is 0 Å². The van der Waals surface area contributed by atoms with Crippen molar-refractivity contribution in [1.82, 2.24) is 54.6 Å². The van der Waals surface area contributed by atoms with Crippen LogP contribution in [0.1, 0.15) is 41.0 Å². The molecule has 422 valence electrons. The fraction of sp³-hybridized carbons (Fsp3) is 0.304. The van der Waals surface area contributed by atoms with Gasteiger partial charge < -0.3 is 29.9 Å². The van der Waals surface area contributed by atoms with E-state index in [-0.39, 0.29) is 30.5 Å². The predicted octanol–water partition coefficient (Wildman–Crippen LogP) is 7.33. The molecule has 9 heterocycles. The third-order valence-corrected chi connectivity index (χ3v) is 22.9. The van der Waals surface area contributed by atoms with Crippen LogP contribution < -0.4 is 15.1 Å². The number of carbonyl (C=O) groups excluding carboxylic acids is 5. The van der Waals surface area contributed by atoms with Gasteiger partial charge in [-0.25, -0.2) is 24.3 Å². The molecule has 0 radical (unpaired) electrons. The van der Waals surface area contributed by atoms with Gasteiger partial charge in [-0.3, -0.25) is 14.6 Å². The minimum absolute atomic E-state index is 0.0352. The number of alkyl halides is 1. The van der Waals surface area contributed by atoms with E-state index in [1.54, 1.807) is 58.4 Å². The molecular weight excluding hydrogens is 1190 g/mol. The van der Waals surface area contributed by atoms with Crippen molar-refractivity contribution >= 4 is 110 Å². The maximum atomic E-state index is 13.0. The average Bonchev–Trinajstić information content (AvgIpc) is 3.22. The number of amidine groups is 1. The molecule has 12 rings (SSSR count). The Hall–Kier alpha value is -8.16. The molecule has 0 unspecified atom stereocenters. The van der Waals surface area contributed by atoms with Crippen LogP contribution in [0.3, 0.4) is 0 Å². The second kappa shape index (κ2) is 23.5. The van der Waals surface area contributed by atoms with Gasteiger partial charge in [-0.05, 0) is 85.6 Å². The molecule has 5 aromatic heterocycles. The van der Waals surface area contributed by atoms with Gasteiger partial charge in [-0.1, -0.05) is 23.2 Å². The number of anilines is 2. The molecule has 2 saturated heterocycles. The van der Waals surface area contributed by atoms with Crippen LogP contribution in [-0.2, 0) is 41.5 Å². The Bertz CT molecular complexity index is 3720. The number of pyridine rings is 2. The molecule has 22 nitrogen and oxygen atoms in total. The Labute approximate surface area is 478 Å². The average molecular weight is 1250 g/mol. The molecule has 4 aliphatic rings. The zero-order valence-corrected chi connectivity index (χ0v) is 48.8. The number of aliphatic imine (C=N–C) groups is 1. The van der Waals surface area contributed by atoms with Crippen molar-refractivity contribution in [2.45, 2.75) is 40.8 Å². The van der Waals surface area contributed by atoms with Crippen LogP contribution in [0, 0.1) is 17.4 Å². The normalized spacial score (nSPS) is 16.6. The van der Waals surface area contributed by atoms with Gasteiger partial charge in [0.15, 0.2) is 17.1 Å². The van der Waals surface area contributed by atoms with E-state index in [0.29, 0.717) is 52.6 Å². The SMILES string of the molecule is CC(=O)OI1(C)(OC(C)=O)OC(=O)c2ccccc21.Cc1cc(N2CCN(C(=O)Cn3nc(-c4ncc[nH]4)c4cccnc43)CC2)ccc1Cl.Cc1cc(N2CCN(C(=O)Cn3nc(C4=NCCN4)c4cccnc43)CC2)ccc1Cl. The number of hydrogen-bond donors (Lipinski definition) is 2. The quantitative estimate of drug-likeness (QED) is 0.101. The van der Waals surface area contributed by atoms with Crippen molar-refractivity contribution in [3.05, 3.63) is 146 Å². The van der Waals surface area contributed by atoms with Crippen molar-refractivity contribution in [3.63, 3.8) is 0 Å². The van der Waals surface area contributed by atoms with Gasteiger partial charge in [-0.15, -0.1) is 0 Å². The second-order valence-electron chi connectivity index (χ2n) is 19.5. The van der Waals surface area contributed by atoms with E-state index in [1.165, 1.54) is 18.8 Å². The van der Waals surface area contributed by atoms with Crippen LogP contribution in [0.4, 0.5) is 11.4 Å². The first-order chi connectivity index (χ1) is 38.9. The molecule has 0 atom stereocenters. The van der Waals surface area contributed by atoms with Crippen molar-refractivity contribution < 1.29 is 33.2 Å². The zero-order valence-electron chi connectivity index (χ0n) is 45.1. The molecule has 25 heteroatoms. The summed E-state index contributed by atoms with van der Waals surface area (Å²) in [4.78, 5) is 91.2. The van der Waals surface area contributed by atoms with Crippen LogP contribution in [0.2, 0.25) is 10.0 Å². The summed E-state index contributed by atoms with van der Waals surface area (Å²) in [6, 6.07) is 26.2. The number of nitrogens with zero attached hydrogens (tertiary/aromatic N) is 12. The summed E-state index contributed by atoms with van der Waals surface area (Å²) in [5, 5.41) is 15.9. The summed E-state index contributed by atoms with van der Waals surface area (Å²) in [5.74, 6) is -0.450. The number of aromatic nitrogens is 8. The number of H-pyrrole nitrogens is 1. The molecule has 2 N–H and O–H groups in total. The minimum atomic E-state index is -5.01. The second-order valence-corrected chi connectivity index (χ2v) is 28.9. The number of aryl methyl sites for hydroxylation is 2.